The summed E-state index contributed by atoms with van der Waals surface area (Å²) in [5.74, 6) is -4.56. The van der Waals surface area contributed by atoms with E-state index in [0.717, 1.165) is 17.8 Å². The van der Waals surface area contributed by atoms with Gasteiger partial charge in [-0.1, -0.05) is 11.8 Å². The van der Waals surface area contributed by atoms with Gasteiger partial charge in [0, 0.05) is 11.6 Å². The lowest BCUT2D eigenvalue weighted by atomic mass is 10.1. The van der Waals surface area contributed by atoms with Gasteiger partial charge in [-0.2, -0.15) is 0 Å². The van der Waals surface area contributed by atoms with E-state index >= 15 is 0 Å². The molecule has 6 nitrogen and oxygen atoms in total. The second-order valence-corrected chi connectivity index (χ2v) is 7.47. The Morgan fingerprint density at radius 2 is 1.83 bits per heavy atom. The number of nitrogens with zero attached hydrogens (tertiary/aromatic N) is 1. The first-order valence-electron chi connectivity index (χ1n) is 8.65. The third kappa shape index (κ3) is 4.82. The van der Waals surface area contributed by atoms with E-state index in [4.69, 9.17) is 4.74 Å². The van der Waals surface area contributed by atoms with Crippen molar-refractivity contribution in [1.29, 1.82) is 0 Å². The maximum atomic E-state index is 13.8. The van der Waals surface area contributed by atoms with E-state index in [-0.39, 0.29) is 5.16 Å². The lowest BCUT2D eigenvalue weighted by Crippen LogP contribution is -2.24. The molecule has 1 atom stereocenters. The van der Waals surface area contributed by atoms with Gasteiger partial charge >= 0.3 is 0 Å². The number of aromatic amines is 1. The lowest BCUT2D eigenvalue weighted by molar-refractivity contribution is -0.115. The van der Waals surface area contributed by atoms with Crippen LogP contribution in [-0.4, -0.2) is 28.2 Å². The molecule has 0 aliphatic heterocycles. The molecule has 0 aliphatic rings. The third-order valence-electron chi connectivity index (χ3n) is 4.06. The normalized spacial score (nSPS) is 11.8. The first kappa shape index (κ1) is 21.4. The molecule has 3 aromatic rings. The second-order valence-electron chi connectivity index (χ2n) is 6.14. The molecule has 0 saturated heterocycles. The summed E-state index contributed by atoms with van der Waals surface area (Å²) in [7, 11) is 1.54. The lowest BCUT2D eigenvalue weighted by Gasteiger charge is -2.13. The van der Waals surface area contributed by atoms with Crippen LogP contribution in [0.5, 0.6) is 5.75 Å². The molecule has 0 spiro atoms. The van der Waals surface area contributed by atoms with E-state index in [1.54, 1.807) is 24.3 Å². The van der Waals surface area contributed by atoms with Gasteiger partial charge in [0.05, 0.1) is 23.7 Å². The molecule has 30 heavy (non-hydrogen) atoms. The number of ether oxygens (including phenoxy) is 1. The van der Waals surface area contributed by atoms with Crippen LogP contribution in [0.4, 0.5) is 18.9 Å². The molecule has 10 heteroatoms. The molecular weight excluding hydrogens is 419 g/mol. The number of anilines is 1. The summed E-state index contributed by atoms with van der Waals surface area (Å²) >= 11 is 0.921. The van der Waals surface area contributed by atoms with Gasteiger partial charge in [-0.15, -0.1) is 0 Å². The van der Waals surface area contributed by atoms with Crippen molar-refractivity contribution >= 4 is 23.4 Å². The Balaban J connectivity index is 1.76. The number of methoxy groups -OCH3 is 1. The highest BCUT2D eigenvalue weighted by molar-refractivity contribution is 8.00. The number of halogens is 3. The maximum absolute atomic E-state index is 13.8. The fraction of sp³-hybridized carbons (Fsp3) is 0.150. The summed E-state index contributed by atoms with van der Waals surface area (Å²) < 4.78 is 45.2. The number of nitrogens with one attached hydrogen (secondary N) is 2. The smallest absolute Gasteiger partial charge is 0.252 e. The van der Waals surface area contributed by atoms with Gasteiger partial charge in [0.2, 0.25) is 5.91 Å². The summed E-state index contributed by atoms with van der Waals surface area (Å²) in [6.45, 7) is 1.50. The predicted molar refractivity (Wildman–Crippen MR) is 107 cm³/mol. The molecule has 156 valence electrons. The van der Waals surface area contributed by atoms with Gasteiger partial charge in [-0.3, -0.25) is 9.59 Å². The first-order chi connectivity index (χ1) is 14.3. The molecule has 3 rings (SSSR count). The number of benzene rings is 2. The minimum absolute atomic E-state index is 0.168. The highest BCUT2D eigenvalue weighted by Gasteiger charge is 2.20. The van der Waals surface area contributed by atoms with Crippen LogP contribution in [-0.2, 0) is 4.79 Å². The number of carbonyl (C=O) groups is 1. The number of carbonyl (C=O) groups excluding carboxylic acids is 1. The summed E-state index contributed by atoms with van der Waals surface area (Å²) in [5.41, 5.74) is 0.158. The van der Waals surface area contributed by atoms with Gasteiger partial charge in [-0.05, 0) is 43.3 Å². The molecule has 2 aromatic carbocycles. The van der Waals surface area contributed by atoms with Crippen molar-refractivity contribution in [2.45, 2.75) is 17.3 Å². The summed E-state index contributed by atoms with van der Waals surface area (Å²) in [5, 5.41) is 1.54. The van der Waals surface area contributed by atoms with Crippen LogP contribution in [0.25, 0.3) is 11.3 Å². The van der Waals surface area contributed by atoms with Crippen molar-refractivity contribution in [2.75, 3.05) is 12.4 Å². The van der Waals surface area contributed by atoms with Gasteiger partial charge in [0.25, 0.3) is 5.56 Å². The number of H-pyrrole nitrogens is 1. The predicted octanol–water partition coefficient (Wildman–Crippen LogP) is 3.98. The van der Waals surface area contributed by atoms with Crippen LogP contribution in [0.3, 0.4) is 0 Å². The van der Waals surface area contributed by atoms with Crippen LogP contribution in [0, 0.1) is 17.5 Å². The number of rotatable bonds is 6. The van der Waals surface area contributed by atoms with Crippen LogP contribution >= 0.6 is 11.8 Å². The Labute approximate surface area is 173 Å². The van der Waals surface area contributed by atoms with Crippen molar-refractivity contribution in [3.63, 3.8) is 0 Å². The standard InChI is InChI=1S/C20H16F3N3O3S/c1-10(19(28)24-14-8-7-13(21)17(22)18(14)23)30-20-25-15(9-16(27)26-20)11-3-5-12(29-2)6-4-11/h3-10H,1-2H3,(H,24,28)(H,25,26,27). The zero-order valence-corrected chi connectivity index (χ0v) is 16.6. The second kappa shape index (κ2) is 9.04. The minimum Gasteiger partial charge on any atom is -0.497 e. The molecule has 1 amide bonds. The van der Waals surface area contributed by atoms with E-state index in [0.29, 0.717) is 23.1 Å². The summed E-state index contributed by atoms with van der Waals surface area (Å²) in [6.07, 6.45) is 0. The average molecular weight is 435 g/mol. The van der Waals surface area contributed by atoms with E-state index in [9.17, 15) is 22.8 Å². The first-order valence-corrected chi connectivity index (χ1v) is 9.53. The van der Waals surface area contributed by atoms with Crippen molar-refractivity contribution in [3.05, 3.63) is 70.3 Å². The molecule has 0 bridgehead atoms. The van der Waals surface area contributed by atoms with Crippen molar-refractivity contribution in [3.8, 4) is 17.0 Å². The van der Waals surface area contributed by atoms with Crippen molar-refractivity contribution < 1.29 is 22.7 Å². The number of amides is 1. The number of thioether (sulfide) groups is 1. The maximum Gasteiger partial charge on any atom is 0.252 e. The van der Waals surface area contributed by atoms with Crippen LogP contribution in [0.1, 0.15) is 6.92 Å². The molecule has 1 aromatic heterocycles. The fourth-order valence-corrected chi connectivity index (χ4v) is 3.29. The fourth-order valence-electron chi connectivity index (χ4n) is 2.48. The van der Waals surface area contributed by atoms with Crippen molar-refractivity contribution in [1.82, 2.24) is 9.97 Å². The van der Waals surface area contributed by atoms with Gasteiger partial charge in [-0.25, -0.2) is 18.2 Å². The number of hydrogen-bond acceptors (Lipinski definition) is 5. The van der Waals surface area contributed by atoms with E-state index in [1.807, 2.05) is 0 Å². The zero-order chi connectivity index (χ0) is 21.8. The van der Waals surface area contributed by atoms with Gasteiger partial charge < -0.3 is 15.0 Å². The molecule has 0 fully saturated rings. The average Bonchev–Trinajstić information content (AvgIpc) is 2.73. The van der Waals surface area contributed by atoms with E-state index in [1.165, 1.54) is 20.1 Å². The highest BCUT2D eigenvalue weighted by Crippen LogP contribution is 2.25. The Morgan fingerprint density at radius 1 is 1.13 bits per heavy atom. The molecule has 0 aliphatic carbocycles. The van der Waals surface area contributed by atoms with Gasteiger partial charge in [0.1, 0.15) is 5.75 Å². The van der Waals surface area contributed by atoms with E-state index < -0.39 is 39.9 Å². The third-order valence-corrected chi connectivity index (χ3v) is 5.04. The largest absolute Gasteiger partial charge is 0.497 e. The Kier molecular flexibility index (Phi) is 6.46. The Hall–Kier alpha value is -3.27. The quantitative estimate of drug-likeness (QED) is 0.348. The van der Waals surface area contributed by atoms with Crippen LogP contribution in [0.15, 0.2) is 52.4 Å². The molecular formula is C20H16F3N3O3S. The molecule has 2 N–H and O–H groups in total. The molecule has 1 heterocycles. The summed E-state index contributed by atoms with van der Waals surface area (Å²) in [4.78, 5) is 31.2. The highest BCUT2D eigenvalue weighted by atomic mass is 32.2. The molecule has 0 radical (unpaired) electrons. The van der Waals surface area contributed by atoms with Crippen molar-refractivity contribution in [2.24, 2.45) is 0 Å². The van der Waals surface area contributed by atoms with E-state index in [2.05, 4.69) is 15.3 Å². The van der Waals surface area contributed by atoms with Crippen LogP contribution in [0.2, 0.25) is 0 Å². The van der Waals surface area contributed by atoms with Crippen LogP contribution < -0.4 is 15.6 Å². The SMILES string of the molecule is COc1ccc(-c2cc(=O)[nH]c(SC(C)C(=O)Nc3ccc(F)c(F)c3F)n2)cc1. The minimum atomic E-state index is -1.67. The molecule has 0 saturated carbocycles. The Bertz CT molecular complexity index is 1140. The molecule has 1 unspecified atom stereocenters. The monoisotopic (exact) mass is 435 g/mol. The number of hydrogen-bond donors (Lipinski definition) is 2. The summed E-state index contributed by atoms with van der Waals surface area (Å²) in [6, 6.07) is 9.85. The topological polar surface area (TPSA) is 84.1 Å². The zero-order valence-electron chi connectivity index (χ0n) is 15.8. The number of aromatic nitrogens is 2. The van der Waals surface area contributed by atoms with Gasteiger partial charge in [0.15, 0.2) is 22.6 Å². The Morgan fingerprint density at radius 3 is 2.50 bits per heavy atom.